The number of ether oxygens (including phenoxy) is 1. The normalized spacial score (nSPS) is 25.4. The predicted octanol–water partition coefficient (Wildman–Crippen LogP) is -0.378. The molecule has 2 rings (SSSR count). The van der Waals surface area contributed by atoms with E-state index in [9.17, 15) is 5.11 Å². The summed E-state index contributed by atoms with van der Waals surface area (Å²) in [6, 6.07) is 0. The summed E-state index contributed by atoms with van der Waals surface area (Å²) in [5.41, 5.74) is 5.17. The highest BCUT2D eigenvalue weighted by Crippen LogP contribution is 2.18. The van der Waals surface area contributed by atoms with Crippen molar-refractivity contribution in [3.8, 4) is 0 Å². The third-order valence-electron chi connectivity index (χ3n) is 2.33. The van der Waals surface area contributed by atoms with Crippen molar-refractivity contribution in [1.29, 1.82) is 0 Å². The van der Waals surface area contributed by atoms with Crippen LogP contribution >= 0.6 is 0 Å². The zero-order valence-corrected chi connectivity index (χ0v) is 8.31. The van der Waals surface area contributed by atoms with Crippen molar-refractivity contribution in [1.82, 2.24) is 9.97 Å². The third kappa shape index (κ3) is 2.54. The van der Waals surface area contributed by atoms with E-state index in [4.69, 9.17) is 10.5 Å². The number of nitrogens with zero attached hydrogens (tertiary/aromatic N) is 2. The molecule has 0 spiro atoms. The number of aliphatic hydroxyl groups is 1. The van der Waals surface area contributed by atoms with Gasteiger partial charge in [-0.2, -0.15) is 0 Å². The lowest BCUT2D eigenvalue weighted by molar-refractivity contribution is 0.0380. The van der Waals surface area contributed by atoms with Gasteiger partial charge in [-0.15, -0.1) is 0 Å². The predicted molar refractivity (Wildman–Crippen MR) is 55.3 cm³/mol. The highest BCUT2D eigenvalue weighted by Gasteiger charge is 2.32. The number of rotatable bonds is 3. The van der Waals surface area contributed by atoms with E-state index in [1.807, 2.05) is 0 Å². The quantitative estimate of drug-likeness (QED) is 0.630. The molecule has 1 aromatic heterocycles. The molecular weight excluding hydrogens is 196 g/mol. The third-order valence-corrected chi connectivity index (χ3v) is 2.33. The van der Waals surface area contributed by atoms with Crippen LogP contribution in [0.3, 0.4) is 0 Å². The molecule has 0 saturated carbocycles. The Bertz CT molecular complexity index is 321. The maximum atomic E-state index is 9.94. The van der Waals surface area contributed by atoms with Gasteiger partial charge in [-0.3, -0.25) is 0 Å². The Morgan fingerprint density at radius 2 is 2.27 bits per heavy atom. The number of nitrogen functional groups attached to an aromatic ring is 1. The average molecular weight is 210 g/mol. The highest BCUT2D eigenvalue weighted by atomic mass is 16.5. The summed E-state index contributed by atoms with van der Waals surface area (Å²) >= 11 is 0. The minimum atomic E-state index is -0.801. The summed E-state index contributed by atoms with van der Waals surface area (Å²) in [5.74, 6) is 0.463. The van der Waals surface area contributed by atoms with Gasteiger partial charge in [0.2, 0.25) is 5.95 Å². The van der Waals surface area contributed by atoms with E-state index in [0.717, 1.165) is 0 Å². The van der Waals surface area contributed by atoms with Crippen LogP contribution in [0.1, 0.15) is 6.42 Å². The molecule has 6 nitrogen and oxygen atoms in total. The van der Waals surface area contributed by atoms with Gasteiger partial charge in [-0.25, -0.2) is 9.97 Å². The number of hydrogen-bond donors (Lipinski definition) is 3. The Kier molecular flexibility index (Phi) is 2.70. The summed E-state index contributed by atoms with van der Waals surface area (Å²) in [6.45, 7) is 1.34. The summed E-state index contributed by atoms with van der Waals surface area (Å²) in [5, 5.41) is 12.9. The van der Waals surface area contributed by atoms with Crippen molar-refractivity contribution in [2.75, 3.05) is 30.8 Å². The number of anilines is 2. The smallest absolute Gasteiger partial charge is 0.222 e. The largest absolute Gasteiger partial charge is 0.396 e. The van der Waals surface area contributed by atoms with Crippen LogP contribution in [0.5, 0.6) is 0 Å². The SMILES string of the molecule is Nc1cnc(NCC2(O)CCOC2)nc1. The second-order valence-electron chi connectivity index (χ2n) is 3.72. The van der Waals surface area contributed by atoms with Gasteiger partial charge in [0.1, 0.15) is 5.60 Å². The zero-order valence-electron chi connectivity index (χ0n) is 8.31. The van der Waals surface area contributed by atoms with Gasteiger partial charge in [-0.1, -0.05) is 0 Å². The molecule has 1 fully saturated rings. The number of hydrogen-bond acceptors (Lipinski definition) is 6. The average Bonchev–Trinajstić information content (AvgIpc) is 2.65. The van der Waals surface area contributed by atoms with Crippen molar-refractivity contribution >= 4 is 11.6 Å². The molecule has 1 aromatic rings. The van der Waals surface area contributed by atoms with Gasteiger partial charge < -0.3 is 20.9 Å². The summed E-state index contributed by atoms with van der Waals surface area (Å²) in [4.78, 5) is 7.94. The van der Waals surface area contributed by atoms with Crippen molar-refractivity contribution in [2.45, 2.75) is 12.0 Å². The maximum Gasteiger partial charge on any atom is 0.222 e. The number of nitrogens with two attached hydrogens (primary N) is 1. The first-order valence-electron chi connectivity index (χ1n) is 4.79. The van der Waals surface area contributed by atoms with Gasteiger partial charge >= 0.3 is 0 Å². The van der Waals surface area contributed by atoms with Gasteiger partial charge in [-0.05, 0) is 0 Å². The fraction of sp³-hybridized carbons (Fsp3) is 0.556. The van der Waals surface area contributed by atoms with Crippen LogP contribution in [0.15, 0.2) is 12.4 Å². The van der Waals surface area contributed by atoms with Crippen LogP contribution in [-0.4, -0.2) is 40.4 Å². The Labute approximate surface area is 87.5 Å². The van der Waals surface area contributed by atoms with Gasteiger partial charge in [0.25, 0.3) is 0 Å². The van der Waals surface area contributed by atoms with Crippen molar-refractivity contribution < 1.29 is 9.84 Å². The second-order valence-corrected chi connectivity index (χ2v) is 3.72. The number of aromatic nitrogens is 2. The molecule has 6 heteroatoms. The molecular formula is C9H14N4O2. The van der Waals surface area contributed by atoms with Crippen LogP contribution < -0.4 is 11.1 Å². The molecule has 0 radical (unpaired) electrons. The van der Waals surface area contributed by atoms with E-state index in [0.29, 0.717) is 37.8 Å². The van der Waals surface area contributed by atoms with E-state index < -0.39 is 5.60 Å². The first-order valence-corrected chi connectivity index (χ1v) is 4.79. The Morgan fingerprint density at radius 1 is 1.53 bits per heavy atom. The molecule has 1 atom stereocenters. The van der Waals surface area contributed by atoms with Crippen LogP contribution in [0.2, 0.25) is 0 Å². The molecule has 0 aliphatic carbocycles. The van der Waals surface area contributed by atoms with E-state index in [1.165, 1.54) is 12.4 Å². The van der Waals surface area contributed by atoms with Crippen LogP contribution in [0, 0.1) is 0 Å². The zero-order chi connectivity index (χ0) is 10.7. The molecule has 82 valence electrons. The minimum Gasteiger partial charge on any atom is -0.396 e. The monoisotopic (exact) mass is 210 g/mol. The first kappa shape index (κ1) is 10.1. The lowest BCUT2D eigenvalue weighted by atomic mass is 10.0. The summed E-state index contributed by atoms with van der Waals surface area (Å²) < 4.78 is 5.12. The van der Waals surface area contributed by atoms with E-state index in [2.05, 4.69) is 15.3 Å². The minimum absolute atomic E-state index is 0.356. The van der Waals surface area contributed by atoms with E-state index in [-0.39, 0.29) is 0 Å². The highest BCUT2D eigenvalue weighted by molar-refractivity contribution is 5.36. The van der Waals surface area contributed by atoms with E-state index in [1.54, 1.807) is 0 Å². The number of nitrogens with one attached hydrogen (secondary N) is 1. The Balaban J connectivity index is 1.90. The molecule has 1 saturated heterocycles. The lowest BCUT2D eigenvalue weighted by Crippen LogP contribution is -2.37. The van der Waals surface area contributed by atoms with Gasteiger partial charge in [0, 0.05) is 19.6 Å². The second kappa shape index (κ2) is 4.00. The lowest BCUT2D eigenvalue weighted by Gasteiger charge is -2.20. The molecule has 1 unspecified atom stereocenters. The Hall–Kier alpha value is -1.40. The van der Waals surface area contributed by atoms with Crippen LogP contribution in [0.4, 0.5) is 11.6 Å². The fourth-order valence-electron chi connectivity index (χ4n) is 1.41. The van der Waals surface area contributed by atoms with E-state index >= 15 is 0 Å². The molecule has 1 aliphatic rings. The fourth-order valence-corrected chi connectivity index (χ4v) is 1.41. The van der Waals surface area contributed by atoms with Crippen molar-refractivity contribution in [2.24, 2.45) is 0 Å². The first-order chi connectivity index (χ1) is 7.18. The Morgan fingerprint density at radius 3 is 2.87 bits per heavy atom. The standard InChI is InChI=1S/C9H14N4O2/c10-7-3-11-8(12-4-7)13-5-9(14)1-2-15-6-9/h3-4,14H,1-2,5-6,10H2,(H,11,12,13). The van der Waals surface area contributed by atoms with Gasteiger partial charge in [0.15, 0.2) is 0 Å². The van der Waals surface area contributed by atoms with Crippen LogP contribution in [-0.2, 0) is 4.74 Å². The molecule has 0 aromatic carbocycles. The summed E-state index contributed by atoms with van der Waals surface area (Å²) in [6.07, 6.45) is 3.67. The molecule has 4 N–H and O–H groups in total. The van der Waals surface area contributed by atoms with Crippen molar-refractivity contribution in [3.05, 3.63) is 12.4 Å². The molecule has 0 amide bonds. The van der Waals surface area contributed by atoms with Crippen LogP contribution in [0.25, 0.3) is 0 Å². The summed E-state index contributed by atoms with van der Waals surface area (Å²) in [7, 11) is 0. The molecule has 1 aliphatic heterocycles. The van der Waals surface area contributed by atoms with Crippen molar-refractivity contribution in [3.63, 3.8) is 0 Å². The molecule has 2 heterocycles. The topological polar surface area (TPSA) is 93.3 Å². The van der Waals surface area contributed by atoms with Gasteiger partial charge in [0.05, 0.1) is 24.7 Å². The molecule has 15 heavy (non-hydrogen) atoms. The maximum absolute atomic E-state index is 9.94. The molecule has 0 bridgehead atoms.